The van der Waals surface area contributed by atoms with Gasteiger partial charge in [0.05, 0.1) is 31.5 Å². The highest BCUT2D eigenvalue weighted by Gasteiger charge is 2.35. The Morgan fingerprint density at radius 2 is 1.68 bits per heavy atom. The van der Waals surface area contributed by atoms with Gasteiger partial charge >= 0.3 is 5.63 Å². The minimum absolute atomic E-state index is 0.398. The van der Waals surface area contributed by atoms with E-state index < -0.39 is 11.7 Å². The maximum atomic E-state index is 13.4. The van der Waals surface area contributed by atoms with Crippen molar-refractivity contribution in [2.75, 3.05) is 19.5 Å². The Labute approximate surface area is 195 Å². The molecule has 0 radical (unpaired) electrons. The summed E-state index contributed by atoms with van der Waals surface area (Å²) in [5, 5.41) is 5.39. The molecule has 0 saturated heterocycles. The van der Waals surface area contributed by atoms with Crippen LogP contribution in [-0.2, 0) is 6.42 Å². The quantitative estimate of drug-likeness (QED) is 0.322. The fourth-order valence-electron chi connectivity index (χ4n) is 4.85. The van der Waals surface area contributed by atoms with E-state index in [1.165, 1.54) is 0 Å². The number of hydrogen-bond acceptors (Lipinski definition) is 6. The molecule has 0 bridgehead atoms. The van der Waals surface area contributed by atoms with Crippen molar-refractivity contribution >= 4 is 27.6 Å². The second kappa shape index (κ2) is 7.70. The molecule has 1 aliphatic rings. The number of rotatable bonds is 4. The lowest BCUT2D eigenvalue weighted by Crippen LogP contribution is -2.25. The third-order valence-corrected chi connectivity index (χ3v) is 6.55. The first-order valence-corrected chi connectivity index (χ1v) is 11.2. The normalized spacial score (nSPS) is 14.5. The lowest BCUT2D eigenvalue weighted by molar-refractivity contribution is 0.354. The molecular formula is C28H23NO5. The Hall–Kier alpha value is -4.19. The van der Waals surface area contributed by atoms with Gasteiger partial charge in [-0.2, -0.15) is 0 Å². The summed E-state index contributed by atoms with van der Waals surface area (Å²) in [5.41, 5.74) is 5.05. The van der Waals surface area contributed by atoms with Crippen molar-refractivity contribution in [1.82, 2.24) is 0 Å². The largest absolute Gasteiger partial charge is 0.493 e. The molecule has 0 fully saturated rings. The third kappa shape index (κ3) is 2.91. The van der Waals surface area contributed by atoms with E-state index in [4.69, 9.17) is 18.3 Å². The van der Waals surface area contributed by atoms with E-state index >= 15 is 0 Å². The average molecular weight is 453 g/mol. The maximum absolute atomic E-state index is 13.4. The molecule has 6 heteroatoms. The van der Waals surface area contributed by atoms with Gasteiger partial charge in [-0.05, 0) is 53.9 Å². The van der Waals surface area contributed by atoms with Gasteiger partial charge in [-0.1, -0.05) is 31.2 Å². The van der Waals surface area contributed by atoms with Gasteiger partial charge in [-0.25, -0.2) is 4.79 Å². The van der Waals surface area contributed by atoms with Crippen LogP contribution < -0.4 is 20.4 Å². The molecule has 34 heavy (non-hydrogen) atoms. The van der Waals surface area contributed by atoms with E-state index in [0.29, 0.717) is 28.4 Å². The lowest BCUT2D eigenvalue weighted by atomic mass is 9.88. The highest BCUT2D eigenvalue weighted by Crippen LogP contribution is 2.49. The van der Waals surface area contributed by atoms with Gasteiger partial charge < -0.3 is 23.6 Å². The predicted octanol–water partition coefficient (Wildman–Crippen LogP) is 6.30. The molecule has 0 aliphatic carbocycles. The number of aryl methyl sites for hydroxylation is 1. The van der Waals surface area contributed by atoms with Gasteiger partial charge in [-0.15, -0.1) is 0 Å². The summed E-state index contributed by atoms with van der Waals surface area (Å²) in [6.45, 7) is 2.10. The van der Waals surface area contributed by atoms with Crippen LogP contribution in [0.2, 0.25) is 0 Å². The van der Waals surface area contributed by atoms with Crippen LogP contribution in [0.3, 0.4) is 0 Å². The maximum Gasteiger partial charge on any atom is 0.342 e. The number of anilines is 1. The molecule has 6 rings (SSSR count). The lowest BCUT2D eigenvalue weighted by Gasteiger charge is -2.27. The number of para-hydroxylation sites is 1. The summed E-state index contributed by atoms with van der Waals surface area (Å²) in [4.78, 5) is 13.4. The van der Waals surface area contributed by atoms with Gasteiger partial charge in [0.15, 0.2) is 17.3 Å². The number of fused-ring (bicyclic) bond motifs is 7. The monoisotopic (exact) mass is 453 g/mol. The number of hydrogen-bond donors (Lipinski definition) is 1. The van der Waals surface area contributed by atoms with Crippen LogP contribution in [0.5, 0.6) is 11.5 Å². The van der Waals surface area contributed by atoms with Crippen LogP contribution >= 0.6 is 0 Å². The third-order valence-electron chi connectivity index (χ3n) is 6.55. The van der Waals surface area contributed by atoms with Gasteiger partial charge in [0.2, 0.25) is 0 Å². The predicted molar refractivity (Wildman–Crippen MR) is 132 cm³/mol. The Morgan fingerprint density at radius 3 is 2.47 bits per heavy atom. The zero-order valence-electron chi connectivity index (χ0n) is 19.1. The van der Waals surface area contributed by atoms with E-state index in [1.54, 1.807) is 14.2 Å². The first kappa shape index (κ1) is 20.4. The number of nitrogens with one attached hydrogen (secondary N) is 1. The Bertz CT molecular complexity index is 1630. The van der Waals surface area contributed by atoms with Crippen LogP contribution in [-0.4, -0.2) is 14.2 Å². The highest BCUT2D eigenvalue weighted by atomic mass is 16.5. The van der Waals surface area contributed by atoms with Crippen molar-refractivity contribution in [2.24, 2.45) is 0 Å². The summed E-state index contributed by atoms with van der Waals surface area (Å²) < 4.78 is 23.1. The van der Waals surface area contributed by atoms with Gasteiger partial charge in [0.1, 0.15) is 11.2 Å². The zero-order chi connectivity index (χ0) is 23.4. The van der Waals surface area contributed by atoms with E-state index in [0.717, 1.165) is 45.2 Å². The van der Waals surface area contributed by atoms with E-state index in [9.17, 15) is 4.79 Å². The van der Waals surface area contributed by atoms with Crippen molar-refractivity contribution in [1.29, 1.82) is 0 Å². The summed E-state index contributed by atoms with van der Waals surface area (Å²) in [7, 11) is 3.20. The smallest absolute Gasteiger partial charge is 0.342 e. The van der Waals surface area contributed by atoms with Gasteiger partial charge in [0, 0.05) is 16.3 Å². The van der Waals surface area contributed by atoms with Crippen LogP contribution in [0.4, 0.5) is 5.69 Å². The fraction of sp³-hybridized carbons (Fsp3) is 0.179. The van der Waals surface area contributed by atoms with Crippen LogP contribution in [0.25, 0.3) is 33.3 Å². The second-order valence-electron chi connectivity index (χ2n) is 8.36. The molecule has 2 aromatic heterocycles. The average Bonchev–Trinajstić information content (AvgIpc) is 3.26. The molecule has 3 heterocycles. The number of methoxy groups -OCH3 is 2. The summed E-state index contributed by atoms with van der Waals surface area (Å²) in [5.74, 6) is 1.86. The van der Waals surface area contributed by atoms with Crippen molar-refractivity contribution in [2.45, 2.75) is 19.4 Å². The van der Waals surface area contributed by atoms with Crippen LogP contribution in [0, 0.1) is 0 Å². The standard InChI is InChI=1S/C28H23NO5/c1-4-15-9-11-20-18(13-15)23-24(28(30)34-20)25(16-10-12-21(31-2)22(14-16)32-3)29-26-17-7-5-6-8-19(17)33-27(23)26/h5-14,25,29H,4H2,1-3H3. The van der Waals surface area contributed by atoms with Crippen molar-refractivity contribution in [3.05, 3.63) is 87.8 Å². The highest BCUT2D eigenvalue weighted by molar-refractivity contribution is 6.07. The van der Waals surface area contributed by atoms with Crippen molar-refractivity contribution in [3.63, 3.8) is 0 Å². The molecule has 0 amide bonds. The molecule has 0 spiro atoms. The summed E-state index contributed by atoms with van der Waals surface area (Å²) in [6, 6.07) is 19.0. The number of furan rings is 1. The Kier molecular flexibility index (Phi) is 4.62. The van der Waals surface area contributed by atoms with Crippen molar-refractivity contribution in [3.8, 4) is 22.8 Å². The van der Waals surface area contributed by atoms with Crippen LogP contribution in [0.1, 0.15) is 29.7 Å². The molecular weight excluding hydrogens is 430 g/mol. The van der Waals surface area contributed by atoms with E-state index in [-0.39, 0.29) is 0 Å². The molecule has 3 aromatic carbocycles. The zero-order valence-corrected chi connectivity index (χ0v) is 19.1. The first-order chi connectivity index (χ1) is 16.6. The number of ether oxygens (including phenoxy) is 2. The minimum atomic E-state index is -0.464. The fourth-order valence-corrected chi connectivity index (χ4v) is 4.85. The topological polar surface area (TPSA) is 73.8 Å². The Morgan fingerprint density at radius 1 is 0.882 bits per heavy atom. The van der Waals surface area contributed by atoms with E-state index in [1.807, 2.05) is 54.6 Å². The van der Waals surface area contributed by atoms with Crippen molar-refractivity contribution < 1.29 is 18.3 Å². The Balaban J connectivity index is 1.71. The minimum Gasteiger partial charge on any atom is -0.493 e. The SMILES string of the molecule is CCc1ccc2oc(=O)c3c(c2c1)-c1oc2ccccc2c1NC3c1ccc(OC)c(OC)c1. The molecule has 170 valence electrons. The molecule has 1 unspecified atom stereocenters. The van der Waals surface area contributed by atoms with Gasteiger partial charge in [-0.3, -0.25) is 0 Å². The summed E-state index contributed by atoms with van der Waals surface area (Å²) >= 11 is 0. The first-order valence-electron chi connectivity index (χ1n) is 11.2. The number of benzene rings is 3. The molecule has 6 nitrogen and oxygen atoms in total. The molecule has 1 N–H and O–H groups in total. The van der Waals surface area contributed by atoms with Gasteiger partial charge in [0.25, 0.3) is 0 Å². The molecule has 5 aromatic rings. The second-order valence-corrected chi connectivity index (χ2v) is 8.36. The molecule has 0 saturated carbocycles. The van der Waals surface area contributed by atoms with Crippen LogP contribution in [0.15, 0.2) is 74.3 Å². The molecule has 1 atom stereocenters. The summed E-state index contributed by atoms with van der Waals surface area (Å²) in [6.07, 6.45) is 0.869. The molecule has 1 aliphatic heterocycles. The van der Waals surface area contributed by atoms with E-state index in [2.05, 4.69) is 18.3 Å².